The highest BCUT2D eigenvalue weighted by Crippen LogP contribution is 2.27. The predicted molar refractivity (Wildman–Crippen MR) is 53.2 cm³/mol. The van der Waals surface area contributed by atoms with Crippen molar-refractivity contribution in [2.75, 3.05) is 0 Å². The van der Waals surface area contributed by atoms with Crippen molar-refractivity contribution in [1.82, 2.24) is 0 Å². The summed E-state index contributed by atoms with van der Waals surface area (Å²) >= 11 is 2.83. The normalized spacial score (nSPS) is 14.7. The van der Waals surface area contributed by atoms with E-state index in [-0.39, 0.29) is 10.0 Å². The summed E-state index contributed by atoms with van der Waals surface area (Å²) in [5.74, 6) is -3.18. The van der Waals surface area contributed by atoms with E-state index < -0.39 is 23.1 Å². The van der Waals surface area contributed by atoms with Crippen LogP contribution < -0.4 is 5.73 Å². The number of aliphatic carboxylic acids is 1. The zero-order chi connectivity index (χ0) is 11.8. The Labute approximate surface area is 93.0 Å². The molecule has 1 rings (SSSR count). The third kappa shape index (κ3) is 2.15. The molecular formula is C9H8BrF2NO2. The summed E-state index contributed by atoms with van der Waals surface area (Å²) in [6, 6.07) is 1.62. The lowest BCUT2D eigenvalue weighted by molar-refractivity contribution is -0.143. The topological polar surface area (TPSA) is 63.3 Å². The number of nitrogens with two attached hydrogens (primary N) is 1. The Bertz CT molecular complexity index is 421. The lowest BCUT2D eigenvalue weighted by Crippen LogP contribution is -2.42. The molecule has 0 bridgehead atoms. The number of carboxylic acids is 1. The first-order valence-corrected chi connectivity index (χ1v) is 4.73. The molecule has 0 fully saturated rings. The fourth-order valence-corrected chi connectivity index (χ4v) is 1.38. The number of carboxylic acid groups (broad SMARTS) is 1. The van der Waals surface area contributed by atoms with Crippen molar-refractivity contribution >= 4 is 21.9 Å². The first kappa shape index (κ1) is 12.1. The third-order valence-corrected chi connectivity index (χ3v) is 2.62. The molecular weight excluding hydrogens is 272 g/mol. The van der Waals surface area contributed by atoms with Crippen LogP contribution in [-0.2, 0) is 10.3 Å². The quantitative estimate of drug-likeness (QED) is 0.814. The van der Waals surface area contributed by atoms with Crippen molar-refractivity contribution in [2.24, 2.45) is 5.73 Å². The minimum Gasteiger partial charge on any atom is -0.480 e. The first-order valence-electron chi connectivity index (χ1n) is 3.94. The van der Waals surface area contributed by atoms with Gasteiger partial charge in [-0.15, -0.1) is 0 Å². The molecule has 0 aliphatic rings. The van der Waals surface area contributed by atoms with Crippen LogP contribution in [0.1, 0.15) is 12.5 Å². The fourth-order valence-electron chi connectivity index (χ4n) is 1.04. The highest BCUT2D eigenvalue weighted by atomic mass is 79.9. The van der Waals surface area contributed by atoms with Crippen molar-refractivity contribution in [3.63, 3.8) is 0 Å². The maximum absolute atomic E-state index is 13.3. The minimum atomic E-state index is -1.89. The molecule has 15 heavy (non-hydrogen) atoms. The highest BCUT2D eigenvalue weighted by Gasteiger charge is 2.33. The second-order valence-corrected chi connectivity index (χ2v) is 4.11. The number of carbonyl (C=O) groups is 1. The molecule has 0 amide bonds. The van der Waals surface area contributed by atoms with Gasteiger partial charge in [-0.2, -0.15) is 0 Å². The van der Waals surface area contributed by atoms with Crippen molar-refractivity contribution in [3.8, 4) is 0 Å². The van der Waals surface area contributed by atoms with Gasteiger partial charge in [-0.25, -0.2) is 13.6 Å². The first-order chi connectivity index (χ1) is 6.76. The van der Waals surface area contributed by atoms with Gasteiger partial charge in [0, 0.05) is 11.6 Å². The van der Waals surface area contributed by atoms with E-state index in [1.54, 1.807) is 0 Å². The molecule has 0 aromatic heterocycles. The maximum atomic E-state index is 13.3. The second-order valence-electron chi connectivity index (χ2n) is 3.25. The number of hydrogen-bond donors (Lipinski definition) is 2. The van der Waals surface area contributed by atoms with Gasteiger partial charge >= 0.3 is 5.97 Å². The van der Waals surface area contributed by atoms with E-state index in [1.807, 2.05) is 0 Å². The van der Waals surface area contributed by atoms with Crippen LogP contribution in [-0.4, -0.2) is 11.1 Å². The number of halogens is 3. The molecule has 0 aliphatic carbocycles. The van der Waals surface area contributed by atoms with Gasteiger partial charge in [-0.1, -0.05) is 0 Å². The molecule has 0 radical (unpaired) electrons. The van der Waals surface area contributed by atoms with Crippen LogP contribution in [0, 0.1) is 11.6 Å². The Hall–Kier alpha value is -1.01. The Kier molecular flexibility index (Phi) is 3.11. The summed E-state index contributed by atoms with van der Waals surface area (Å²) in [5.41, 5.74) is 3.25. The van der Waals surface area contributed by atoms with Gasteiger partial charge in [-0.05, 0) is 28.9 Å². The summed E-state index contributed by atoms with van der Waals surface area (Å²) in [7, 11) is 0. The molecule has 3 nitrogen and oxygen atoms in total. The molecule has 0 aliphatic heterocycles. The van der Waals surface area contributed by atoms with E-state index in [0.29, 0.717) is 6.07 Å². The van der Waals surface area contributed by atoms with Crippen LogP contribution in [0.15, 0.2) is 16.6 Å². The lowest BCUT2D eigenvalue weighted by atomic mass is 9.93. The van der Waals surface area contributed by atoms with Crippen molar-refractivity contribution in [1.29, 1.82) is 0 Å². The summed E-state index contributed by atoms with van der Waals surface area (Å²) in [6.07, 6.45) is 0. The summed E-state index contributed by atoms with van der Waals surface area (Å²) in [5, 5.41) is 8.78. The molecule has 0 saturated heterocycles. The molecule has 0 spiro atoms. The molecule has 1 aromatic rings. The maximum Gasteiger partial charge on any atom is 0.328 e. The Morgan fingerprint density at radius 3 is 2.47 bits per heavy atom. The monoisotopic (exact) mass is 279 g/mol. The highest BCUT2D eigenvalue weighted by molar-refractivity contribution is 9.10. The zero-order valence-electron chi connectivity index (χ0n) is 7.72. The van der Waals surface area contributed by atoms with E-state index in [9.17, 15) is 13.6 Å². The summed E-state index contributed by atoms with van der Waals surface area (Å²) in [4.78, 5) is 10.8. The van der Waals surface area contributed by atoms with Gasteiger partial charge < -0.3 is 10.8 Å². The van der Waals surface area contributed by atoms with Crippen LogP contribution in [0.2, 0.25) is 0 Å². The molecule has 6 heteroatoms. The molecule has 1 aromatic carbocycles. The van der Waals surface area contributed by atoms with Crippen LogP contribution >= 0.6 is 15.9 Å². The van der Waals surface area contributed by atoms with Gasteiger partial charge in [0.15, 0.2) is 0 Å². The minimum absolute atomic E-state index is 0.0307. The van der Waals surface area contributed by atoms with E-state index in [1.165, 1.54) is 0 Å². The zero-order valence-corrected chi connectivity index (χ0v) is 9.31. The van der Waals surface area contributed by atoms with Crippen molar-refractivity contribution in [2.45, 2.75) is 12.5 Å². The van der Waals surface area contributed by atoms with Gasteiger partial charge in [0.1, 0.15) is 17.2 Å². The van der Waals surface area contributed by atoms with E-state index >= 15 is 0 Å². The molecule has 0 heterocycles. The molecule has 3 N–H and O–H groups in total. The summed E-state index contributed by atoms with van der Waals surface area (Å²) < 4.78 is 26.1. The molecule has 0 saturated carbocycles. The third-order valence-electron chi connectivity index (χ3n) is 2.01. The predicted octanol–water partition coefficient (Wildman–Crippen LogP) is 1.99. The molecule has 1 atom stereocenters. The number of rotatable bonds is 2. The van der Waals surface area contributed by atoms with Crippen molar-refractivity contribution < 1.29 is 18.7 Å². The SMILES string of the molecule is CC(N)(C(=O)O)c1cc(Br)c(F)cc1F. The van der Waals surface area contributed by atoms with Crippen LogP contribution in [0.4, 0.5) is 8.78 Å². The Balaban J connectivity index is 3.38. The Morgan fingerprint density at radius 2 is 2.00 bits per heavy atom. The van der Waals surface area contributed by atoms with E-state index in [2.05, 4.69) is 15.9 Å². The number of hydrogen-bond acceptors (Lipinski definition) is 2. The van der Waals surface area contributed by atoms with Gasteiger partial charge in [0.2, 0.25) is 0 Å². The van der Waals surface area contributed by atoms with Crippen LogP contribution in [0.3, 0.4) is 0 Å². The number of benzene rings is 1. The van der Waals surface area contributed by atoms with Crippen molar-refractivity contribution in [3.05, 3.63) is 33.8 Å². The van der Waals surface area contributed by atoms with E-state index in [4.69, 9.17) is 10.8 Å². The largest absolute Gasteiger partial charge is 0.480 e. The Morgan fingerprint density at radius 1 is 1.47 bits per heavy atom. The summed E-state index contributed by atoms with van der Waals surface area (Å²) in [6.45, 7) is 1.14. The van der Waals surface area contributed by atoms with Crippen LogP contribution in [0.5, 0.6) is 0 Å². The molecule has 82 valence electrons. The molecule has 1 unspecified atom stereocenters. The van der Waals surface area contributed by atoms with Gasteiger partial charge in [0.05, 0.1) is 4.47 Å². The van der Waals surface area contributed by atoms with Gasteiger partial charge in [0.25, 0.3) is 0 Å². The standard InChI is InChI=1S/C9H8BrF2NO2/c1-9(13,8(14)15)4-2-5(10)7(12)3-6(4)11/h2-3H,13H2,1H3,(H,14,15). The smallest absolute Gasteiger partial charge is 0.328 e. The van der Waals surface area contributed by atoms with Crippen LogP contribution in [0.25, 0.3) is 0 Å². The van der Waals surface area contributed by atoms with E-state index in [0.717, 1.165) is 13.0 Å². The fraction of sp³-hybridized carbons (Fsp3) is 0.222. The average molecular weight is 280 g/mol. The average Bonchev–Trinajstić information content (AvgIpc) is 2.10. The lowest BCUT2D eigenvalue weighted by Gasteiger charge is -2.20. The van der Waals surface area contributed by atoms with Gasteiger partial charge in [-0.3, -0.25) is 0 Å². The second kappa shape index (κ2) is 3.86.